The molecule has 98 valence electrons. The fourth-order valence-electron chi connectivity index (χ4n) is 2.30. The highest BCUT2D eigenvalue weighted by molar-refractivity contribution is 7.98. The van der Waals surface area contributed by atoms with E-state index in [0.717, 1.165) is 17.2 Å². The van der Waals surface area contributed by atoms with E-state index in [0.29, 0.717) is 5.02 Å². The highest BCUT2D eigenvalue weighted by atomic mass is 35.5. The Balaban J connectivity index is 1.88. The first-order valence-corrected chi connectivity index (χ1v) is 7.64. The molecule has 1 aliphatic rings. The second-order valence-corrected chi connectivity index (χ2v) is 5.97. The number of hydrogen-bond acceptors (Lipinski definition) is 2. The van der Waals surface area contributed by atoms with Crippen molar-refractivity contribution in [2.45, 2.75) is 11.8 Å². The van der Waals surface area contributed by atoms with Gasteiger partial charge in [0.05, 0.1) is 16.8 Å². The van der Waals surface area contributed by atoms with E-state index in [1.807, 2.05) is 11.8 Å². The number of benzene rings is 2. The Labute approximate surface area is 121 Å². The molecule has 0 saturated heterocycles. The number of halogens is 2. The van der Waals surface area contributed by atoms with E-state index in [1.165, 1.54) is 23.3 Å². The minimum atomic E-state index is -0.311. The topological polar surface area (TPSA) is 12.0 Å². The standard InChI is InChI=1S/C15H13ClFNS/c16-13-7-11(17)5-6-14(13)18-15-9-19-8-10-3-1-2-4-12(10)15/h1-7,15,18H,8-9H2. The largest absolute Gasteiger partial charge is 0.376 e. The van der Waals surface area contributed by atoms with Crippen molar-refractivity contribution in [1.82, 2.24) is 0 Å². The zero-order valence-electron chi connectivity index (χ0n) is 10.2. The minimum Gasteiger partial charge on any atom is -0.376 e. The molecule has 0 spiro atoms. The molecule has 0 radical (unpaired) electrons. The fourth-order valence-corrected chi connectivity index (χ4v) is 3.62. The summed E-state index contributed by atoms with van der Waals surface area (Å²) in [6.07, 6.45) is 0. The highest BCUT2D eigenvalue weighted by Crippen LogP contribution is 2.35. The Morgan fingerprint density at radius 1 is 1.21 bits per heavy atom. The van der Waals surface area contributed by atoms with Crippen LogP contribution in [-0.2, 0) is 5.75 Å². The third-order valence-corrected chi connectivity index (χ3v) is 4.63. The lowest BCUT2D eigenvalue weighted by atomic mass is 10.0. The summed E-state index contributed by atoms with van der Waals surface area (Å²) in [7, 11) is 0. The first kappa shape index (κ1) is 12.8. The number of rotatable bonds is 2. The molecule has 0 aromatic heterocycles. The van der Waals surface area contributed by atoms with Gasteiger partial charge in [-0.2, -0.15) is 11.8 Å². The predicted octanol–water partition coefficient (Wildman–Crippen LogP) is 4.88. The summed E-state index contributed by atoms with van der Waals surface area (Å²) < 4.78 is 13.0. The number of thioether (sulfide) groups is 1. The van der Waals surface area contributed by atoms with E-state index < -0.39 is 0 Å². The van der Waals surface area contributed by atoms with Gasteiger partial charge in [-0.1, -0.05) is 35.9 Å². The maximum Gasteiger partial charge on any atom is 0.124 e. The Morgan fingerprint density at radius 3 is 2.89 bits per heavy atom. The summed E-state index contributed by atoms with van der Waals surface area (Å²) in [6, 6.07) is 13.1. The van der Waals surface area contributed by atoms with Crippen LogP contribution in [0, 0.1) is 5.82 Å². The third-order valence-electron chi connectivity index (χ3n) is 3.23. The molecule has 0 saturated carbocycles. The molecule has 4 heteroatoms. The lowest BCUT2D eigenvalue weighted by molar-refractivity contribution is 0.628. The first-order chi connectivity index (χ1) is 9.24. The Hall–Kier alpha value is -1.19. The molecule has 0 amide bonds. The lowest BCUT2D eigenvalue weighted by Crippen LogP contribution is -2.18. The summed E-state index contributed by atoms with van der Waals surface area (Å²) >= 11 is 7.96. The van der Waals surface area contributed by atoms with Crippen molar-refractivity contribution in [1.29, 1.82) is 0 Å². The van der Waals surface area contributed by atoms with Crippen molar-refractivity contribution in [3.63, 3.8) is 0 Å². The van der Waals surface area contributed by atoms with Gasteiger partial charge in [0.2, 0.25) is 0 Å². The molecular formula is C15H13ClFNS. The van der Waals surface area contributed by atoms with Gasteiger partial charge >= 0.3 is 0 Å². The molecule has 3 rings (SSSR count). The molecule has 2 aromatic rings. The molecule has 19 heavy (non-hydrogen) atoms. The van der Waals surface area contributed by atoms with Crippen LogP contribution in [0.2, 0.25) is 5.02 Å². The van der Waals surface area contributed by atoms with E-state index >= 15 is 0 Å². The average molecular weight is 294 g/mol. The third kappa shape index (κ3) is 2.72. The molecule has 1 heterocycles. The molecule has 1 aliphatic heterocycles. The maximum atomic E-state index is 13.0. The number of fused-ring (bicyclic) bond motifs is 1. The number of anilines is 1. The van der Waals surface area contributed by atoms with E-state index in [1.54, 1.807) is 6.07 Å². The average Bonchev–Trinajstić information content (AvgIpc) is 2.42. The van der Waals surface area contributed by atoms with E-state index in [9.17, 15) is 4.39 Å². The zero-order chi connectivity index (χ0) is 13.2. The maximum absolute atomic E-state index is 13.0. The molecule has 2 aromatic carbocycles. The van der Waals surface area contributed by atoms with Gasteiger partial charge in [0.25, 0.3) is 0 Å². The van der Waals surface area contributed by atoms with Crippen LogP contribution < -0.4 is 5.32 Å². The second kappa shape index (κ2) is 5.43. The van der Waals surface area contributed by atoms with Crippen LogP contribution in [0.15, 0.2) is 42.5 Å². The highest BCUT2D eigenvalue weighted by Gasteiger charge is 2.20. The van der Waals surface area contributed by atoms with E-state index in [2.05, 4.69) is 29.6 Å². The monoisotopic (exact) mass is 293 g/mol. The van der Waals surface area contributed by atoms with Crippen LogP contribution in [0.4, 0.5) is 10.1 Å². The van der Waals surface area contributed by atoms with Crippen LogP contribution in [-0.4, -0.2) is 5.75 Å². The van der Waals surface area contributed by atoms with Gasteiger partial charge in [0.1, 0.15) is 5.82 Å². The van der Waals surface area contributed by atoms with Gasteiger partial charge in [0, 0.05) is 11.5 Å². The smallest absolute Gasteiger partial charge is 0.124 e. The van der Waals surface area contributed by atoms with Crippen LogP contribution in [0.5, 0.6) is 0 Å². The van der Waals surface area contributed by atoms with Crippen molar-refractivity contribution < 1.29 is 4.39 Å². The molecule has 0 aliphatic carbocycles. The van der Waals surface area contributed by atoms with Crippen LogP contribution in [0.25, 0.3) is 0 Å². The van der Waals surface area contributed by atoms with Gasteiger partial charge < -0.3 is 5.32 Å². The molecular weight excluding hydrogens is 281 g/mol. The second-order valence-electron chi connectivity index (χ2n) is 4.54. The van der Waals surface area contributed by atoms with Crippen LogP contribution >= 0.6 is 23.4 Å². The Morgan fingerprint density at radius 2 is 2.05 bits per heavy atom. The Kier molecular flexibility index (Phi) is 3.67. The summed E-state index contributed by atoms with van der Waals surface area (Å²) in [5, 5.41) is 3.84. The molecule has 0 fully saturated rings. The van der Waals surface area contributed by atoms with Crippen LogP contribution in [0.3, 0.4) is 0 Å². The van der Waals surface area contributed by atoms with Crippen molar-refractivity contribution >= 4 is 29.1 Å². The number of hydrogen-bond donors (Lipinski definition) is 1. The molecule has 1 nitrogen and oxygen atoms in total. The van der Waals surface area contributed by atoms with E-state index in [4.69, 9.17) is 11.6 Å². The number of nitrogens with one attached hydrogen (secondary N) is 1. The van der Waals surface area contributed by atoms with Gasteiger partial charge in [0.15, 0.2) is 0 Å². The molecule has 1 atom stereocenters. The summed E-state index contributed by atoms with van der Waals surface area (Å²) in [5.41, 5.74) is 3.45. The normalized spacial score (nSPS) is 17.9. The SMILES string of the molecule is Fc1ccc(NC2CSCc3ccccc32)c(Cl)c1. The van der Waals surface area contributed by atoms with Crippen molar-refractivity contribution in [2.24, 2.45) is 0 Å². The predicted molar refractivity (Wildman–Crippen MR) is 80.4 cm³/mol. The lowest BCUT2D eigenvalue weighted by Gasteiger charge is -2.27. The Bertz CT molecular complexity index is 602. The van der Waals surface area contributed by atoms with Gasteiger partial charge in [-0.15, -0.1) is 0 Å². The molecule has 1 N–H and O–H groups in total. The quantitative estimate of drug-likeness (QED) is 0.847. The zero-order valence-corrected chi connectivity index (χ0v) is 11.8. The van der Waals surface area contributed by atoms with Gasteiger partial charge in [-0.3, -0.25) is 0 Å². The fraction of sp³-hybridized carbons (Fsp3) is 0.200. The first-order valence-electron chi connectivity index (χ1n) is 6.11. The molecule has 0 bridgehead atoms. The van der Waals surface area contributed by atoms with Gasteiger partial charge in [-0.25, -0.2) is 4.39 Å². The van der Waals surface area contributed by atoms with Crippen molar-refractivity contribution in [2.75, 3.05) is 11.1 Å². The van der Waals surface area contributed by atoms with Crippen molar-refractivity contribution in [3.05, 3.63) is 64.4 Å². The van der Waals surface area contributed by atoms with Gasteiger partial charge in [-0.05, 0) is 29.3 Å². The van der Waals surface area contributed by atoms with E-state index in [-0.39, 0.29) is 11.9 Å². The minimum absolute atomic E-state index is 0.220. The molecule has 1 unspecified atom stereocenters. The van der Waals surface area contributed by atoms with Crippen LogP contribution in [0.1, 0.15) is 17.2 Å². The summed E-state index contributed by atoms with van der Waals surface area (Å²) in [5.74, 6) is 1.73. The summed E-state index contributed by atoms with van der Waals surface area (Å²) in [4.78, 5) is 0. The summed E-state index contributed by atoms with van der Waals surface area (Å²) in [6.45, 7) is 0. The van der Waals surface area contributed by atoms with Crippen molar-refractivity contribution in [3.8, 4) is 0 Å².